The highest BCUT2D eigenvalue weighted by atomic mass is 16.5. The summed E-state index contributed by atoms with van der Waals surface area (Å²) >= 11 is 0. The minimum absolute atomic E-state index is 0.0300. The standard InChI is InChI=1S/C27H28N4O4/c1-17-14-18(21-6-3-4-7-22(21)28-17)16-35-20-10-8-19(9-11-20)27(2)12-5-13-31(25(27)33)15-23-24(32)30-26(34)29-23/h3-4,6-11,14,32H,5,12-13,15-16H2,1-2H3,(H2,29,30,34). The van der Waals surface area contributed by atoms with Crippen LogP contribution < -0.4 is 10.4 Å². The molecule has 1 amide bonds. The Labute approximate surface area is 202 Å². The van der Waals surface area contributed by atoms with Crippen LogP contribution in [0, 0.1) is 6.92 Å². The Morgan fingerprint density at radius 1 is 1.11 bits per heavy atom. The lowest BCUT2D eigenvalue weighted by atomic mass is 9.75. The molecule has 0 bridgehead atoms. The van der Waals surface area contributed by atoms with Gasteiger partial charge in [-0.1, -0.05) is 30.3 Å². The van der Waals surface area contributed by atoms with Crippen molar-refractivity contribution in [1.82, 2.24) is 19.9 Å². The van der Waals surface area contributed by atoms with Gasteiger partial charge in [0.15, 0.2) is 0 Å². The number of pyridine rings is 1. The van der Waals surface area contributed by atoms with Crippen molar-refractivity contribution in [3.63, 3.8) is 0 Å². The van der Waals surface area contributed by atoms with E-state index in [1.165, 1.54) is 0 Å². The molecule has 1 atom stereocenters. The maximum Gasteiger partial charge on any atom is 0.326 e. The minimum atomic E-state index is -0.693. The molecule has 1 aliphatic rings. The summed E-state index contributed by atoms with van der Waals surface area (Å²) in [5.41, 5.74) is 3.02. The zero-order valence-corrected chi connectivity index (χ0v) is 19.8. The van der Waals surface area contributed by atoms with E-state index in [0.29, 0.717) is 18.8 Å². The van der Waals surface area contributed by atoms with Gasteiger partial charge in [0, 0.05) is 23.2 Å². The minimum Gasteiger partial charge on any atom is -0.493 e. The Morgan fingerprint density at radius 3 is 2.63 bits per heavy atom. The first-order valence-electron chi connectivity index (χ1n) is 11.7. The molecule has 1 saturated heterocycles. The van der Waals surface area contributed by atoms with Crippen molar-refractivity contribution < 1.29 is 14.6 Å². The van der Waals surface area contributed by atoms with Crippen molar-refractivity contribution in [3.8, 4) is 11.6 Å². The number of ether oxygens (including phenoxy) is 1. The number of hydrogen-bond acceptors (Lipinski definition) is 5. The number of piperidine rings is 1. The Bertz CT molecular complexity index is 1440. The molecule has 0 saturated carbocycles. The van der Waals surface area contributed by atoms with Crippen molar-refractivity contribution in [1.29, 1.82) is 0 Å². The second kappa shape index (κ2) is 8.94. The average molecular weight is 473 g/mol. The van der Waals surface area contributed by atoms with Crippen LogP contribution in [0.2, 0.25) is 0 Å². The molecule has 35 heavy (non-hydrogen) atoms. The van der Waals surface area contributed by atoms with Crippen LogP contribution in [0.1, 0.15) is 42.3 Å². The summed E-state index contributed by atoms with van der Waals surface area (Å²) in [6.07, 6.45) is 1.55. The highest BCUT2D eigenvalue weighted by Gasteiger charge is 2.41. The molecule has 8 nitrogen and oxygen atoms in total. The third-order valence-electron chi connectivity index (χ3n) is 6.81. The number of amides is 1. The Morgan fingerprint density at radius 2 is 1.89 bits per heavy atom. The summed E-state index contributed by atoms with van der Waals surface area (Å²) in [5.74, 6) is 0.470. The first-order valence-corrected chi connectivity index (χ1v) is 11.7. The number of nitrogens with zero attached hydrogens (tertiary/aromatic N) is 2. The molecular weight excluding hydrogens is 444 g/mol. The van der Waals surface area contributed by atoms with Gasteiger partial charge in [-0.15, -0.1) is 0 Å². The van der Waals surface area contributed by atoms with Crippen LogP contribution in [0.4, 0.5) is 0 Å². The fourth-order valence-corrected chi connectivity index (χ4v) is 4.91. The number of likely N-dealkylation sites (tertiary alicyclic amines) is 1. The zero-order chi connectivity index (χ0) is 24.6. The average Bonchev–Trinajstić information content (AvgIpc) is 3.17. The highest BCUT2D eigenvalue weighted by molar-refractivity contribution is 5.88. The van der Waals surface area contributed by atoms with Crippen LogP contribution >= 0.6 is 0 Å². The fourth-order valence-electron chi connectivity index (χ4n) is 4.91. The molecule has 0 aliphatic carbocycles. The molecule has 0 spiro atoms. The van der Waals surface area contributed by atoms with Gasteiger partial charge >= 0.3 is 5.69 Å². The van der Waals surface area contributed by atoms with Crippen LogP contribution in [0.15, 0.2) is 59.4 Å². The summed E-state index contributed by atoms with van der Waals surface area (Å²) in [7, 11) is 0. The molecular formula is C27H28N4O4. The maximum atomic E-state index is 13.4. The summed E-state index contributed by atoms with van der Waals surface area (Å²) in [6.45, 7) is 5.07. The van der Waals surface area contributed by atoms with Gasteiger partial charge in [-0.2, -0.15) is 0 Å². The molecule has 180 valence electrons. The molecule has 1 fully saturated rings. The van der Waals surface area contributed by atoms with Gasteiger partial charge in [0.05, 0.1) is 23.2 Å². The van der Waals surface area contributed by atoms with Gasteiger partial charge in [-0.3, -0.25) is 14.8 Å². The molecule has 5 rings (SSSR count). The third kappa shape index (κ3) is 4.39. The Balaban J connectivity index is 1.31. The summed E-state index contributed by atoms with van der Waals surface area (Å²) in [5, 5.41) is 11.0. The molecule has 1 unspecified atom stereocenters. The maximum absolute atomic E-state index is 13.4. The first-order chi connectivity index (χ1) is 16.8. The number of fused-ring (bicyclic) bond motifs is 1. The third-order valence-corrected chi connectivity index (χ3v) is 6.81. The molecule has 0 radical (unpaired) electrons. The van der Waals surface area contributed by atoms with Crippen LogP contribution in [-0.2, 0) is 23.4 Å². The fraction of sp³-hybridized carbons (Fsp3) is 0.296. The van der Waals surface area contributed by atoms with Gasteiger partial charge in [0.25, 0.3) is 0 Å². The van der Waals surface area contributed by atoms with Crippen LogP contribution in [0.5, 0.6) is 11.6 Å². The van der Waals surface area contributed by atoms with Gasteiger partial charge in [-0.25, -0.2) is 4.79 Å². The van der Waals surface area contributed by atoms with Crippen LogP contribution in [0.3, 0.4) is 0 Å². The number of imidazole rings is 1. The Kier molecular flexibility index (Phi) is 5.80. The lowest BCUT2D eigenvalue weighted by molar-refractivity contribution is -0.140. The number of nitrogens with one attached hydrogen (secondary N) is 2. The summed E-state index contributed by atoms with van der Waals surface area (Å²) in [6, 6.07) is 17.8. The van der Waals surface area contributed by atoms with E-state index >= 15 is 0 Å². The molecule has 3 N–H and O–H groups in total. The lowest BCUT2D eigenvalue weighted by Gasteiger charge is -2.39. The van der Waals surface area contributed by atoms with Crippen molar-refractivity contribution in [2.24, 2.45) is 0 Å². The second-order valence-corrected chi connectivity index (χ2v) is 9.32. The second-order valence-electron chi connectivity index (χ2n) is 9.32. The number of para-hydroxylation sites is 1. The van der Waals surface area contributed by atoms with E-state index in [-0.39, 0.29) is 18.3 Å². The highest BCUT2D eigenvalue weighted by Crippen LogP contribution is 2.36. The molecule has 2 aromatic carbocycles. The van der Waals surface area contributed by atoms with E-state index in [4.69, 9.17) is 4.74 Å². The van der Waals surface area contributed by atoms with Crippen LogP contribution in [0.25, 0.3) is 10.9 Å². The van der Waals surface area contributed by atoms with Crippen molar-refractivity contribution in [3.05, 3.63) is 87.6 Å². The zero-order valence-electron chi connectivity index (χ0n) is 19.8. The number of benzene rings is 2. The Hall–Kier alpha value is -4.07. The van der Waals surface area contributed by atoms with E-state index in [1.807, 2.05) is 68.4 Å². The van der Waals surface area contributed by atoms with Crippen molar-refractivity contribution in [2.45, 2.75) is 45.3 Å². The van der Waals surface area contributed by atoms with E-state index in [9.17, 15) is 14.7 Å². The SMILES string of the molecule is Cc1cc(COc2ccc(C3(C)CCCN(Cc4[nH]c(=O)[nH]c4O)C3=O)cc2)c2ccccc2n1. The predicted molar refractivity (Wildman–Crippen MR) is 132 cm³/mol. The largest absolute Gasteiger partial charge is 0.493 e. The van der Waals surface area contributed by atoms with E-state index in [0.717, 1.165) is 46.3 Å². The van der Waals surface area contributed by atoms with Gasteiger partial charge in [-0.05, 0) is 56.5 Å². The lowest BCUT2D eigenvalue weighted by Crippen LogP contribution is -2.49. The molecule has 3 heterocycles. The van der Waals surface area contributed by atoms with Crippen molar-refractivity contribution >= 4 is 16.8 Å². The number of aromatic nitrogens is 3. The molecule has 2 aromatic heterocycles. The van der Waals surface area contributed by atoms with Crippen LogP contribution in [-0.4, -0.2) is 37.4 Å². The van der Waals surface area contributed by atoms with E-state index in [2.05, 4.69) is 15.0 Å². The van der Waals surface area contributed by atoms with Gasteiger partial charge in [0.1, 0.15) is 12.4 Å². The number of aromatic hydroxyl groups is 1. The number of carbonyl (C=O) groups is 1. The summed E-state index contributed by atoms with van der Waals surface area (Å²) < 4.78 is 6.08. The van der Waals surface area contributed by atoms with Gasteiger partial charge in [0.2, 0.25) is 11.8 Å². The number of rotatable bonds is 6. The van der Waals surface area contributed by atoms with Gasteiger partial charge < -0.3 is 19.7 Å². The first kappa shape index (κ1) is 22.7. The van der Waals surface area contributed by atoms with E-state index < -0.39 is 11.1 Å². The number of hydrogen-bond donors (Lipinski definition) is 3. The molecule has 1 aliphatic heterocycles. The topological polar surface area (TPSA) is 111 Å². The van der Waals surface area contributed by atoms with E-state index in [1.54, 1.807) is 4.90 Å². The number of carbonyl (C=O) groups excluding carboxylic acids is 1. The number of H-pyrrole nitrogens is 2. The normalized spacial score (nSPS) is 18.2. The smallest absolute Gasteiger partial charge is 0.326 e. The van der Waals surface area contributed by atoms with Crippen molar-refractivity contribution in [2.75, 3.05) is 6.54 Å². The number of aromatic amines is 2. The number of aryl methyl sites for hydroxylation is 1. The quantitative estimate of drug-likeness (QED) is 0.394. The summed E-state index contributed by atoms with van der Waals surface area (Å²) in [4.78, 5) is 36.0. The molecule has 4 aromatic rings. The molecule has 8 heteroatoms. The monoisotopic (exact) mass is 472 g/mol. The predicted octanol–water partition coefficient (Wildman–Crippen LogP) is 3.92.